The molecular weight excluding hydrogens is 220 g/mol. The average Bonchev–Trinajstić information content (AvgIpc) is 3.20. The second kappa shape index (κ2) is 6.94. The van der Waals surface area contributed by atoms with Crippen molar-refractivity contribution in [3.8, 4) is 0 Å². The van der Waals surface area contributed by atoms with Gasteiger partial charge in [-0.3, -0.25) is 0 Å². The zero-order chi connectivity index (χ0) is 12.7. The monoisotopic (exact) mass is 246 g/mol. The fourth-order valence-electron chi connectivity index (χ4n) is 2.65. The second-order valence-corrected chi connectivity index (χ2v) is 5.52. The number of rotatable bonds is 9. The van der Waals surface area contributed by atoms with Crippen LogP contribution in [0.2, 0.25) is 0 Å². The molecule has 1 aliphatic heterocycles. The normalized spacial score (nSPS) is 22.1. The van der Waals surface area contributed by atoms with Crippen molar-refractivity contribution >= 4 is 0 Å². The number of hydrogen-bond acceptors (Lipinski definition) is 1. The molecule has 0 N–H and O–H groups in total. The summed E-state index contributed by atoms with van der Waals surface area (Å²) in [4.78, 5) is 0. The Hall–Kier alpha value is -0.820. The molecule has 0 aliphatic carbocycles. The van der Waals surface area contributed by atoms with Crippen molar-refractivity contribution in [2.24, 2.45) is 0 Å². The summed E-state index contributed by atoms with van der Waals surface area (Å²) in [5, 5.41) is 0. The van der Waals surface area contributed by atoms with Crippen molar-refractivity contribution in [3.63, 3.8) is 0 Å². The maximum atomic E-state index is 5.73. The van der Waals surface area contributed by atoms with E-state index in [0.717, 1.165) is 6.61 Å². The van der Waals surface area contributed by atoms with Crippen molar-refractivity contribution in [2.75, 3.05) is 6.61 Å². The molecule has 1 atom stereocenters. The highest BCUT2D eigenvalue weighted by Gasteiger charge is 2.45. The number of benzene rings is 1. The molecule has 0 radical (unpaired) electrons. The SMILES string of the molecule is CCCCCCCCCC1(c2ccccc2)CO1. The lowest BCUT2D eigenvalue weighted by Crippen LogP contribution is -2.08. The van der Waals surface area contributed by atoms with Gasteiger partial charge in [0, 0.05) is 0 Å². The molecule has 0 spiro atoms. The molecule has 0 amide bonds. The first-order valence-corrected chi connectivity index (χ1v) is 7.57. The molecular formula is C17H26O. The lowest BCUT2D eigenvalue weighted by Gasteiger charge is -2.11. The Morgan fingerprint density at radius 2 is 1.56 bits per heavy atom. The Labute approximate surface area is 112 Å². The van der Waals surface area contributed by atoms with Crippen molar-refractivity contribution in [1.29, 1.82) is 0 Å². The number of unbranched alkanes of at least 4 members (excludes halogenated alkanes) is 6. The van der Waals surface area contributed by atoms with Crippen molar-refractivity contribution in [1.82, 2.24) is 0 Å². The molecule has 0 aromatic heterocycles. The third-order valence-electron chi connectivity index (χ3n) is 3.98. The van der Waals surface area contributed by atoms with E-state index in [1.807, 2.05) is 0 Å². The summed E-state index contributed by atoms with van der Waals surface area (Å²) >= 11 is 0. The maximum absolute atomic E-state index is 5.73. The predicted octanol–water partition coefficient (Wildman–Crippen LogP) is 5.05. The Bertz CT molecular complexity index is 327. The molecule has 1 aromatic rings. The van der Waals surface area contributed by atoms with Crippen LogP contribution in [0.25, 0.3) is 0 Å². The van der Waals surface area contributed by atoms with Crippen LogP contribution in [-0.4, -0.2) is 6.61 Å². The van der Waals surface area contributed by atoms with Gasteiger partial charge in [0.1, 0.15) is 5.60 Å². The second-order valence-electron chi connectivity index (χ2n) is 5.52. The van der Waals surface area contributed by atoms with E-state index in [9.17, 15) is 0 Å². The topological polar surface area (TPSA) is 12.5 Å². The van der Waals surface area contributed by atoms with Gasteiger partial charge in [-0.2, -0.15) is 0 Å². The lowest BCUT2D eigenvalue weighted by atomic mass is 9.93. The molecule has 0 saturated carbocycles. The van der Waals surface area contributed by atoms with Gasteiger partial charge in [0.15, 0.2) is 0 Å². The molecule has 1 fully saturated rings. The smallest absolute Gasteiger partial charge is 0.117 e. The highest BCUT2D eigenvalue weighted by atomic mass is 16.6. The van der Waals surface area contributed by atoms with Crippen LogP contribution in [0.3, 0.4) is 0 Å². The minimum atomic E-state index is 0.0880. The molecule has 1 saturated heterocycles. The average molecular weight is 246 g/mol. The van der Waals surface area contributed by atoms with E-state index in [1.54, 1.807) is 0 Å². The summed E-state index contributed by atoms with van der Waals surface area (Å²) in [5.41, 5.74) is 1.46. The zero-order valence-corrected chi connectivity index (χ0v) is 11.7. The largest absolute Gasteiger partial charge is 0.365 e. The van der Waals surface area contributed by atoms with Crippen LogP contribution in [0.1, 0.15) is 63.9 Å². The fraction of sp³-hybridized carbons (Fsp3) is 0.647. The molecule has 1 heteroatoms. The van der Waals surface area contributed by atoms with Gasteiger partial charge in [-0.15, -0.1) is 0 Å². The molecule has 1 aromatic carbocycles. The summed E-state index contributed by atoms with van der Waals surface area (Å²) in [6.07, 6.45) is 10.8. The Morgan fingerprint density at radius 3 is 2.17 bits per heavy atom. The van der Waals surface area contributed by atoms with Crippen molar-refractivity contribution < 1.29 is 4.74 Å². The number of ether oxygens (including phenoxy) is 1. The Kier molecular flexibility index (Phi) is 5.25. The molecule has 100 valence electrons. The van der Waals surface area contributed by atoms with Crippen LogP contribution in [0.15, 0.2) is 30.3 Å². The molecule has 2 rings (SSSR count). The standard InChI is InChI=1S/C17H26O/c1-2-3-4-5-6-7-11-14-17(15-18-17)16-12-9-8-10-13-16/h8-10,12-13H,2-7,11,14-15H2,1H3. The van der Waals surface area contributed by atoms with E-state index in [0.29, 0.717) is 0 Å². The first-order valence-electron chi connectivity index (χ1n) is 7.57. The van der Waals surface area contributed by atoms with Crippen molar-refractivity contribution in [2.45, 2.75) is 63.9 Å². The summed E-state index contributed by atoms with van der Waals surface area (Å²) in [6.45, 7) is 3.20. The Balaban J connectivity index is 1.62. The van der Waals surface area contributed by atoms with Gasteiger partial charge < -0.3 is 4.74 Å². The van der Waals surface area contributed by atoms with Crippen LogP contribution in [-0.2, 0) is 10.3 Å². The van der Waals surface area contributed by atoms with Crippen LogP contribution < -0.4 is 0 Å². The third kappa shape index (κ3) is 3.84. The first-order chi connectivity index (χ1) is 8.87. The van der Waals surface area contributed by atoms with Gasteiger partial charge in [0.05, 0.1) is 6.61 Å². The highest BCUT2D eigenvalue weighted by Crippen LogP contribution is 2.43. The maximum Gasteiger partial charge on any atom is 0.117 e. The summed E-state index contributed by atoms with van der Waals surface area (Å²) in [5.74, 6) is 0. The number of epoxide rings is 1. The summed E-state index contributed by atoms with van der Waals surface area (Å²) in [6, 6.07) is 10.7. The lowest BCUT2D eigenvalue weighted by molar-refractivity contribution is 0.285. The quantitative estimate of drug-likeness (QED) is 0.438. The van der Waals surface area contributed by atoms with Crippen LogP contribution in [0.5, 0.6) is 0 Å². The fourth-order valence-corrected chi connectivity index (χ4v) is 2.65. The van der Waals surface area contributed by atoms with Gasteiger partial charge in [-0.1, -0.05) is 82.2 Å². The van der Waals surface area contributed by atoms with E-state index in [2.05, 4.69) is 37.3 Å². The molecule has 1 unspecified atom stereocenters. The minimum absolute atomic E-state index is 0.0880. The number of hydrogen-bond donors (Lipinski definition) is 0. The van der Waals surface area contributed by atoms with E-state index in [1.165, 1.54) is 56.9 Å². The highest BCUT2D eigenvalue weighted by molar-refractivity contribution is 5.26. The van der Waals surface area contributed by atoms with Gasteiger partial charge in [-0.05, 0) is 12.0 Å². The Morgan fingerprint density at radius 1 is 0.944 bits per heavy atom. The predicted molar refractivity (Wildman–Crippen MR) is 76.7 cm³/mol. The summed E-state index contributed by atoms with van der Waals surface area (Å²) in [7, 11) is 0. The molecule has 1 heterocycles. The van der Waals surface area contributed by atoms with Crippen LogP contribution in [0.4, 0.5) is 0 Å². The van der Waals surface area contributed by atoms with Gasteiger partial charge >= 0.3 is 0 Å². The van der Waals surface area contributed by atoms with Crippen LogP contribution >= 0.6 is 0 Å². The van der Waals surface area contributed by atoms with Gasteiger partial charge in [-0.25, -0.2) is 0 Å². The molecule has 18 heavy (non-hydrogen) atoms. The van der Waals surface area contributed by atoms with Crippen LogP contribution in [0, 0.1) is 0 Å². The minimum Gasteiger partial charge on any atom is -0.365 e. The third-order valence-corrected chi connectivity index (χ3v) is 3.98. The summed E-state index contributed by atoms with van der Waals surface area (Å²) < 4.78 is 5.73. The van der Waals surface area contributed by atoms with Gasteiger partial charge in [0.2, 0.25) is 0 Å². The molecule has 0 bridgehead atoms. The van der Waals surface area contributed by atoms with E-state index in [-0.39, 0.29) is 5.60 Å². The zero-order valence-electron chi connectivity index (χ0n) is 11.7. The van der Waals surface area contributed by atoms with E-state index in [4.69, 9.17) is 4.74 Å². The molecule has 1 aliphatic rings. The van der Waals surface area contributed by atoms with E-state index >= 15 is 0 Å². The first kappa shape index (κ1) is 13.6. The van der Waals surface area contributed by atoms with E-state index < -0.39 is 0 Å². The van der Waals surface area contributed by atoms with Gasteiger partial charge in [0.25, 0.3) is 0 Å². The van der Waals surface area contributed by atoms with Crippen molar-refractivity contribution in [3.05, 3.63) is 35.9 Å². The molecule has 1 nitrogen and oxygen atoms in total.